The molecule has 0 saturated heterocycles. The molecule has 0 bridgehead atoms. The van der Waals surface area contributed by atoms with Crippen LogP contribution in [0.5, 0.6) is 0 Å². The molecule has 0 radical (unpaired) electrons. The molecule has 3 nitrogen and oxygen atoms in total. The molecule has 0 aromatic carbocycles. The minimum atomic E-state index is -0.366. The second kappa shape index (κ2) is 4.24. The van der Waals surface area contributed by atoms with E-state index in [0.29, 0.717) is 5.11 Å². The molecular formula is C9H20N2OS. The van der Waals surface area contributed by atoms with E-state index in [0.717, 1.165) is 0 Å². The van der Waals surface area contributed by atoms with Crippen molar-refractivity contribution in [3.05, 3.63) is 0 Å². The molecule has 78 valence electrons. The smallest absolute Gasteiger partial charge is 0.167 e. The maximum absolute atomic E-state index is 8.99. The lowest BCUT2D eigenvalue weighted by Crippen LogP contribution is -2.54. The third-order valence-electron chi connectivity index (χ3n) is 1.34. The molecule has 0 amide bonds. The van der Waals surface area contributed by atoms with E-state index in [1.54, 1.807) is 0 Å². The summed E-state index contributed by atoms with van der Waals surface area (Å²) >= 11 is 5.08. The maximum atomic E-state index is 8.99. The highest BCUT2D eigenvalue weighted by Gasteiger charge is 2.19. The molecule has 0 aliphatic carbocycles. The predicted octanol–water partition coefficient (Wildman–Crippen LogP) is 1.02. The van der Waals surface area contributed by atoms with Crippen LogP contribution in [0, 0.1) is 0 Å². The standard InChI is InChI=1S/C9H20N2OS/c1-8(2,3)10-7(13)11-9(4,5)6-12/h12H,6H2,1-5H3,(H2,10,11,13). The number of rotatable bonds is 2. The van der Waals surface area contributed by atoms with Gasteiger partial charge in [0, 0.05) is 5.54 Å². The summed E-state index contributed by atoms with van der Waals surface area (Å²) in [6, 6.07) is 0. The fourth-order valence-electron chi connectivity index (χ4n) is 0.719. The third-order valence-corrected chi connectivity index (χ3v) is 1.54. The van der Waals surface area contributed by atoms with Gasteiger partial charge in [-0.1, -0.05) is 0 Å². The number of nitrogens with one attached hydrogen (secondary N) is 2. The van der Waals surface area contributed by atoms with Gasteiger partial charge in [0.05, 0.1) is 12.1 Å². The van der Waals surface area contributed by atoms with Crippen molar-refractivity contribution in [2.75, 3.05) is 6.61 Å². The molecule has 0 unspecified atom stereocenters. The second-order valence-electron chi connectivity index (χ2n) is 4.87. The van der Waals surface area contributed by atoms with Crippen LogP contribution >= 0.6 is 12.2 Å². The average molecular weight is 204 g/mol. The Bertz CT molecular complexity index is 185. The van der Waals surface area contributed by atoms with Gasteiger partial charge in [0.2, 0.25) is 0 Å². The Kier molecular flexibility index (Phi) is 4.13. The molecule has 0 aromatic rings. The number of hydrogen-bond donors (Lipinski definition) is 3. The van der Waals surface area contributed by atoms with Crippen molar-refractivity contribution in [3.63, 3.8) is 0 Å². The van der Waals surface area contributed by atoms with E-state index in [1.807, 2.05) is 34.6 Å². The van der Waals surface area contributed by atoms with Gasteiger partial charge in [-0.15, -0.1) is 0 Å². The first-order valence-electron chi connectivity index (χ1n) is 4.37. The predicted molar refractivity (Wildman–Crippen MR) is 59.8 cm³/mol. The Balaban J connectivity index is 4.03. The van der Waals surface area contributed by atoms with E-state index in [-0.39, 0.29) is 17.7 Å². The van der Waals surface area contributed by atoms with Crippen molar-refractivity contribution in [1.82, 2.24) is 10.6 Å². The quantitative estimate of drug-likeness (QED) is 0.588. The largest absolute Gasteiger partial charge is 0.394 e. The SMILES string of the molecule is CC(C)(C)NC(=S)NC(C)(C)CO. The van der Waals surface area contributed by atoms with Crippen LogP contribution in [0.2, 0.25) is 0 Å². The van der Waals surface area contributed by atoms with Gasteiger partial charge in [-0.2, -0.15) is 0 Å². The molecule has 0 rings (SSSR count). The zero-order valence-corrected chi connectivity index (χ0v) is 9.88. The van der Waals surface area contributed by atoms with Crippen molar-refractivity contribution in [2.45, 2.75) is 45.7 Å². The fourth-order valence-corrected chi connectivity index (χ4v) is 1.30. The van der Waals surface area contributed by atoms with Gasteiger partial charge in [0.1, 0.15) is 0 Å². The summed E-state index contributed by atoms with van der Waals surface area (Å²) in [5.74, 6) is 0. The summed E-state index contributed by atoms with van der Waals surface area (Å²) in [5, 5.41) is 15.7. The Hall–Kier alpha value is -0.350. The molecule has 0 saturated carbocycles. The molecular weight excluding hydrogens is 184 g/mol. The second-order valence-corrected chi connectivity index (χ2v) is 5.28. The summed E-state index contributed by atoms with van der Waals surface area (Å²) in [5.41, 5.74) is -0.412. The molecule has 0 aromatic heterocycles. The summed E-state index contributed by atoms with van der Waals surface area (Å²) in [4.78, 5) is 0. The summed E-state index contributed by atoms with van der Waals surface area (Å²) in [6.45, 7) is 9.94. The highest BCUT2D eigenvalue weighted by molar-refractivity contribution is 7.80. The highest BCUT2D eigenvalue weighted by atomic mass is 32.1. The Morgan fingerprint density at radius 3 is 1.92 bits per heavy atom. The van der Waals surface area contributed by atoms with E-state index in [4.69, 9.17) is 17.3 Å². The van der Waals surface area contributed by atoms with Crippen LogP contribution in [0.1, 0.15) is 34.6 Å². The number of hydrogen-bond acceptors (Lipinski definition) is 2. The Morgan fingerprint density at radius 2 is 1.62 bits per heavy atom. The fraction of sp³-hybridized carbons (Fsp3) is 0.889. The molecule has 0 spiro atoms. The number of thiocarbonyl (C=S) groups is 1. The van der Waals surface area contributed by atoms with Crippen LogP contribution in [0.15, 0.2) is 0 Å². The summed E-state index contributed by atoms with van der Waals surface area (Å²) in [7, 11) is 0. The van der Waals surface area contributed by atoms with Crippen LogP contribution in [0.25, 0.3) is 0 Å². The van der Waals surface area contributed by atoms with Gasteiger partial charge in [-0.05, 0) is 46.8 Å². The van der Waals surface area contributed by atoms with Crippen molar-refractivity contribution < 1.29 is 5.11 Å². The lowest BCUT2D eigenvalue weighted by Gasteiger charge is -2.29. The molecule has 0 aliphatic rings. The molecule has 3 N–H and O–H groups in total. The first kappa shape index (κ1) is 12.7. The lowest BCUT2D eigenvalue weighted by molar-refractivity contribution is 0.205. The van der Waals surface area contributed by atoms with Crippen LogP contribution in [-0.2, 0) is 0 Å². The van der Waals surface area contributed by atoms with E-state index < -0.39 is 0 Å². The van der Waals surface area contributed by atoms with Gasteiger partial charge in [-0.3, -0.25) is 0 Å². The van der Waals surface area contributed by atoms with Crippen molar-refractivity contribution in [1.29, 1.82) is 0 Å². The summed E-state index contributed by atoms with van der Waals surface area (Å²) in [6.07, 6.45) is 0. The molecule has 0 aliphatic heterocycles. The first-order valence-corrected chi connectivity index (χ1v) is 4.78. The molecule has 13 heavy (non-hydrogen) atoms. The topological polar surface area (TPSA) is 44.3 Å². The summed E-state index contributed by atoms with van der Waals surface area (Å²) < 4.78 is 0. The number of aliphatic hydroxyl groups excluding tert-OH is 1. The molecule has 0 atom stereocenters. The van der Waals surface area contributed by atoms with Gasteiger partial charge in [0.15, 0.2) is 5.11 Å². The van der Waals surface area contributed by atoms with E-state index in [9.17, 15) is 0 Å². The maximum Gasteiger partial charge on any atom is 0.167 e. The lowest BCUT2D eigenvalue weighted by atomic mass is 10.1. The average Bonchev–Trinajstić information content (AvgIpc) is 1.81. The number of aliphatic hydroxyl groups is 1. The van der Waals surface area contributed by atoms with E-state index in [1.165, 1.54) is 0 Å². The van der Waals surface area contributed by atoms with Crippen molar-refractivity contribution in [2.24, 2.45) is 0 Å². The van der Waals surface area contributed by atoms with Crippen LogP contribution in [0.3, 0.4) is 0 Å². The van der Waals surface area contributed by atoms with Gasteiger partial charge in [-0.25, -0.2) is 0 Å². The van der Waals surface area contributed by atoms with Gasteiger partial charge < -0.3 is 15.7 Å². The zero-order chi connectivity index (χ0) is 10.7. The normalized spacial score (nSPS) is 12.5. The monoisotopic (exact) mass is 204 g/mol. The molecule has 0 fully saturated rings. The third kappa shape index (κ3) is 6.78. The van der Waals surface area contributed by atoms with Crippen LogP contribution in [0.4, 0.5) is 0 Å². The molecule has 4 heteroatoms. The molecule has 0 heterocycles. The van der Waals surface area contributed by atoms with Crippen molar-refractivity contribution in [3.8, 4) is 0 Å². The van der Waals surface area contributed by atoms with E-state index >= 15 is 0 Å². The Morgan fingerprint density at radius 1 is 1.15 bits per heavy atom. The minimum Gasteiger partial charge on any atom is -0.394 e. The van der Waals surface area contributed by atoms with Crippen LogP contribution < -0.4 is 10.6 Å². The van der Waals surface area contributed by atoms with E-state index in [2.05, 4.69) is 10.6 Å². The van der Waals surface area contributed by atoms with Gasteiger partial charge >= 0.3 is 0 Å². The van der Waals surface area contributed by atoms with Crippen LogP contribution in [-0.4, -0.2) is 27.9 Å². The Labute approximate surface area is 85.9 Å². The zero-order valence-electron chi connectivity index (χ0n) is 9.06. The minimum absolute atomic E-state index is 0.0460. The highest BCUT2D eigenvalue weighted by Crippen LogP contribution is 2.02. The van der Waals surface area contributed by atoms with Gasteiger partial charge in [0.25, 0.3) is 0 Å². The first-order chi connectivity index (χ1) is 5.66. The van der Waals surface area contributed by atoms with Crippen molar-refractivity contribution >= 4 is 17.3 Å².